The summed E-state index contributed by atoms with van der Waals surface area (Å²) in [6.45, 7) is 6.47. The second-order valence-electron chi connectivity index (χ2n) is 5.60. The van der Waals surface area contributed by atoms with Crippen molar-refractivity contribution in [1.29, 1.82) is 0 Å². The number of hydrogen-bond acceptors (Lipinski definition) is 4. The van der Waals surface area contributed by atoms with E-state index < -0.39 is 0 Å². The van der Waals surface area contributed by atoms with Crippen LogP contribution in [0.4, 0.5) is 5.69 Å². The maximum absolute atomic E-state index is 5.96. The molecule has 0 aliphatic rings. The van der Waals surface area contributed by atoms with E-state index in [-0.39, 0.29) is 5.41 Å². The Kier molecular flexibility index (Phi) is 4.23. The Bertz CT molecular complexity index is 606. The number of ether oxygens (including phenoxy) is 1. The highest BCUT2D eigenvalue weighted by Gasteiger charge is 2.19. The molecular weight excluding hydrogens is 268 g/mol. The first-order valence-electron chi connectivity index (χ1n) is 6.49. The summed E-state index contributed by atoms with van der Waals surface area (Å²) in [5.74, 6) is 1.27. The van der Waals surface area contributed by atoms with Crippen molar-refractivity contribution in [2.24, 2.45) is 0 Å². The highest BCUT2D eigenvalue weighted by atomic mass is 32.2. The molecule has 3 nitrogen and oxygen atoms in total. The van der Waals surface area contributed by atoms with Gasteiger partial charge in [0.2, 0.25) is 5.88 Å². The molecule has 0 unspecified atom stereocenters. The molecule has 1 heterocycles. The third-order valence-corrected chi connectivity index (χ3v) is 3.62. The molecular formula is C16H20N2OS. The SMILES string of the molecule is CSc1ccc(N)c(Oc2ccccc2C(C)(C)C)n1. The summed E-state index contributed by atoms with van der Waals surface area (Å²) in [6, 6.07) is 11.7. The Morgan fingerprint density at radius 3 is 2.45 bits per heavy atom. The van der Waals surface area contributed by atoms with Crippen LogP contribution >= 0.6 is 11.8 Å². The van der Waals surface area contributed by atoms with Gasteiger partial charge in [0.15, 0.2) is 0 Å². The topological polar surface area (TPSA) is 48.1 Å². The van der Waals surface area contributed by atoms with Gasteiger partial charge >= 0.3 is 0 Å². The van der Waals surface area contributed by atoms with Gasteiger partial charge < -0.3 is 10.5 Å². The molecule has 2 aromatic rings. The highest BCUT2D eigenvalue weighted by Crippen LogP contribution is 2.35. The van der Waals surface area contributed by atoms with E-state index in [0.717, 1.165) is 16.3 Å². The first-order valence-corrected chi connectivity index (χ1v) is 7.72. The molecule has 0 atom stereocenters. The zero-order chi connectivity index (χ0) is 14.8. The minimum atomic E-state index is 0.00245. The lowest BCUT2D eigenvalue weighted by molar-refractivity contribution is 0.439. The average Bonchev–Trinajstić information content (AvgIpc) is 2.41. The molecule has 0 aliphatic heterocycles. The van der Waals surface area contributed by atoms with E-state index in [1.807, 2.05) is 36.6 Å². The fourth-order valence-corrected chi connectivity index (χ4v) is 2.29. The van der Waals surface area contributed by atoms with Gasteiger partial charge in [-0.1, -0.05) is 39.0 Å². The Labute approximate surface area is 124 Å². The van der Waals surface area contributed by atoms with Crippen LogP contribution in [0.1, 0.15) is 26.3 Å². The van der Waals surface area contributed by atoms with Gasteiger partial charge in [0, 0.05) is 5.56 Å². The standard InChI is InChI=1S/C16H20N2OS/c1-16(2,3)11-7-5-6-8-13(11)19-15-12(17)9-10-14(18-15)20-4/h5-10H,17H2,1-4H3. The lowest BCUT2D eigenvalue weighted by Crippen LogP contribution is -2.12. The lowest BCUT2D eigenvalue weighted by atomic mass is 9.86. The predicted octanol–water partition coefficient (Wildman–Crippen LogP) is 4.48. The van der Waals surface area contributed by atoms with E-state index >= 15 is 0 Å². The molecule has 0 fully saturated rings. The van der Waals surface area contributed by atoms with Crippen LogP contribution in [-0.2, 0) is 5.41 Å². The van der Waals surface area contributed by atoms with E-state index in [1.165, 1.54) is 0 Å². The monoisotopic (exact) mass is 288 g/mol. The van der Waals surface area contributed by atoms with Crippen molar-refractivity contribution < 1.29 is 4.74 Å². The molecule has 0 aliphatic carbocycles. The summed E-state index contributed by atoms with van der Waals surface area (Å²) in [5, 5.41) is 0.891. The molecule has 2 rings (SSSR count). The van der Waals surface area contributed by atoms with Gasteiger partial charge in [0.1, 0.15) is 5.75 Å². The van der Waals surface area contributed by atoms with Gasteiger partial charge in [-0.25, -0.2) is 4.98 Å². The third-order valence-electron chi connectivity index (χ3n) is 2.98. The molecule has 106 valence electrons. The fourth-order valence-electron chi connectivity index (χ4n) is 1.91. The van der Waals surface area contributed by atoms with E-state index in [2.05, 4.69) is 31.8 Å². The maximum atomic E-state index is 5.96. The molecule has 0 bridgehead atoms. The summed E-state index contributed by atoms with van der Waals surface area (Å²) in [6.07, 6.45) is 1.98. The summed E-state index contributed by atoms with van der Waals surface area (Å²) < 4.78 is 5.96. The molecule has 0 spiro atoms. The van der Waals surface area contributed by atoms with Crippen LogP contribution in [0.15, 0.2) is 41.4 Å². The van der Waals surface area contributed by atoms with Crippen LogP contribution in [0, 0.1) is 0 Å². The van der Waals surface area contributed by atoms with E-state index in [9.17, 15) is 0 Å². The summed E-state index contributed by atoms with van der Waals surface area (Å²) >= 11 is 1.57. The molecule has 4 heteroatoms. The van der Waals surface area contributed by atoms with Crippen molar-refractivity contribution >= 4 is 17.4 Å². The summed E-state index contributed by atoms with van der Waals surface area (Å²) in [4.78, 5) is 4.42. The number of benzene rings is 1. The maximum Gasteiger partial charge on any atom is 0.243 e. The number of hydrogen-bond donors (Lipinski definition) is 1. The van der Waals surface area contributed by atoms with E-state index in [1.54, 1.807) is 11.8 Å². The number of nitrogen functional groups attached to an aromatic ring is 1. The lowest BCUT2D eigenvalue weighted by Gasteiger charge is -2.22. The van der Waals surface area contributed by atoms with Gasteiger partial charge in [0.25, 0.3) is 0 Å². The quantitative estimate of drug-likeness (QED) is 0.846. The summed E-state index contributed by atoms with van der Waals surface area (Å²) in [5.41, 5.74) is 7.64. The smallest absolute Gasteiger partial charge is 0.243 e. The van der Waals surface area contributed by atoms with Crippen LogP contribution in [0.2, 0.25) is 0 Å². The molecule has 0 radical (unpaired) electrons. The molecule has 2 N–H and O–H groups in total. The van der Waals surface area contributed by atoms with Crippen LogP contribution < -0.4 is 10.5 Å². The Morgan fingerprint density at radius 1 is 1.10 bits per heavy atom. The van der Waals surface area contributed by atoms with Crippen molar-refractivity contribution in [2.45, 2.75) is 31.2 Å². The second kappa shape index (κ2) is 5.75. The van der Waals surface area contributed by atoms with Gasteiger partial charge in [0.05, 0.1) is 10.7 Å². The molecule has 1 aromatic carbocycles. The zero-order valence-electron chi connectivity index (χ0n) is 12.3. The van der Waals surface area contributed by atoms with Gasteiger partial charge in [-0.05, 0) is 29.9 Å². The number of nitrogens with two attached hydrogens (primary N) is 1. The summed E-state index contributed by atoms with van der Waals surface area (Å²) in [7, 11) is 0. The second-order valence-corrected chi connectivity index (χ2v) is 6.42. The van der Waals surface area contributed by atoms with Gasteiger partial charge in [-0.2, -0.15) is 0 Å². The Morgan fingerprint density at radius 2 is 1.80 bits per heavy atom. The predicted molar refractivity (Wildman–Crippen MR) is 85.6 cm³/mol. The van der Waals surface area contributed by atoms with E-state index in [0.29, 0.717) is 11.6 Å². The molecule has 20 heavy (non-hydrogen) atoms. The van der Waals surface area contributed by atoms with Crippen molar-refractivity contribution in [3.8, 4) is 11.6 Å². The molecule has 0 amide bonds. The van der Waals surface area contributed by atoms with Crippen molar-refractivity contribution in [2.75, 3.05) is 12.0 Å². The number of thioether (sulfide) groups is 1. The number of anilines is 1. The minimum absolute atomic E-state index is 0.00245. The van der Waals surface area contributed by atoms with Gasteiger partial charge in [-0.3, -0.25) is 0 Å². The third kappa shape index (κ3) is 3.25. The minimum Gasteiger partial charge on any atom is -0.437 e. The zero-order valence-corrected chi connectivity index (χ0v) is 13.1. The first-order chi connectivity index (χ1) is 9.41. The molecule has 0 saturated heterocycles. The van der Waals surface area contributed by atoms with Crippen molar-refractivity contribution in [1.82, 2.24) is 4.98 Å². The number of pyridine rings is 1. The number of para-hydroxylation sites is 1. The van der Waals surface area contributed by atoms with Crippen LogP contribution in [-0.4, -0.2) is 11.2 Å². The highest BCUT2D eigenvalue weighted by molar-refractivity contribution is 7.98. The largest absolute Gasteiger partial charge is 0.437 e. The van der Waals surface area contributed by atoms with E-state index in [4.69, 9.17) is 10.5 Å². The van der Waals surface area contributed by atoms with Crippen LogP contribution in [0.5, 0.6) is 11.6 Å². The number of aromatic nitrogens is 1. The Hall–Kier alpha value is -1.68. The average molecular weight is 288 g/mol. The number of rotatable bonds is 3. The van der Waals surface area contributed by atoms with Crippen LogP contribution in [0.3, 0.4) is 0 Å². The van der Waals surface area contributed by atoms with Crippen molar-refractivity contribution in [3.63, 3.8) is 0 Å². The number of nitrogens with zero attached hydrogens (tertiary/aromatic N) is 1. The first kappa shape index (κ1) is 14.7. The fraction of sp³-hybridized carbons (Fsp3) is 0.312. The van der Waals surface area contributed by atoms with Crippen LogP contribution in [0.25, 0.3) is 0 Å². The normalized spacial score (nSPS) is 11.4. The Balaban J connectivity index is 2.40. The van der Waals surface area contributed by atoms with Crippen molar-refractivity contribution in [3.05, 3.63) is 42.0 Å². The molecule has 0 saturated carbocycles. The molecule has 1 aromatic heterocycles. The van der Waals surface area contributed by atoms with Gasteiger partial charge in [-0.15, -0.1) is 11.8 Å².